The molecular weight excluding hydrogens is 586 g/mol. The molecule has 2 heterocycles. The minimum absolute atomic E-state index is 0. The normalized spacial score (nSPS) is 16.0. The Labute approximate surface area is 266 Å². The number of aryl methyl sites for hydroxylation is 2. The van der Waals surface area contributed by atoms with Crippen LogP contribution in [0.4, 0.5) is 5.95 Å². The van der Waals surface area contributed by atoms with Crippen LogP contribution in [-0.4, -0.2) is 59.8 Å². The van der Waals surface area contributed by atoms with Crippen molar-refractivity contribution in [3.8, 4) is 11.3 Å². The molecule has 1 atom stereocenters. The number of aromatic nitrogens is 2. The highest BCUT2D eigenvalue weighted by molar-refractivity contribution is 7.92. The maximum absolute atomic E-state index is 14.0. The van der Waals surface area contributed by atoms with Gasteiger partial charge in [-0.25, -0.2) is 18.1 Å². The fraction of sp³-hybridized carbons (Fsp3) is 0.343. The smallest absolute Gasteiger partial charge is 0.264 e. The van der Waals surface area contributed by atoms with Gasteiger partial charge >= 0.3 is 0 Å². The van der Waals surface area contributed by atoms with E-state index >= 15 is 0 Å². The Balaban J connectivity index is 0.00000480. The Morgan fingerprint density at radius 1 is 0.978 bits per heavy atom. The lowest BCUT2D eigenvalue weighted by molar-refractivity contribution is 0.0666. The summed E-state index contributed by atoms with van der Waals surface area (Å²) in [5.41, 5.74) is 4.03. The van der Waals surface area contributed by atoms with Gasteiger partial charge in [-0.1, -0.05) is 68.4 Å². The number of sulfonamides is 1. The fourth-order valence-electron chi connectivity index (χ4n) is 6.09. The van der Waals surface area contributed by atoms with Crippen LogP contribution >= 0.6 is 0 Å². The molecule has 3 aromatic carbocycles. The summed E-state index contributed by atoms with van der Waals surface area (Å²) in [4.78, 5) is 37.6. The molecule has 1 fully saturated rings. The molecular formula is C35H43N5O4S. The number of aromatic amines is 1. The number of carbonyl (C=O) groups is 1. The van der Waals surface area contributed by atoms with Crippen molar-refractivity contribution in [2.75, 3.05) is 24.4 Å². The highest BCUT2D eigenvalue weighted by Crippen LogP contribution is 2.26. The Morgan fingerprint density at radius 3 is 2.40 bits per heavy atom. The zero-order chi connectivity index (χ0) is 32.1. The molecule has 0 unspecified atom stereocenters. The Hall–Kier alpha value is -4.28. The minimum Gasteiger partial charge on any atom is -0.334 e. The van der Waals surface area contributed by atoms with E-state index in [9.17, 15) is 18.0 Å². The molecule has 1 saturated heterocycles. The molecule has 9 nitrogen and oxygen atoms in total. The van der Waals surface area contributed by atoms with E-state index in [0.29, 0.717) is 23.7 Å². The van der Waals surface area contributed by atoms with Gasteiger partial charge in [0.05, 0.1) is 10.6 Å². The van der Waals surface area contributed by atoms with Crippen molar-refractivity contribution in [2.45, 2.75) is 58.0 Å². The average Bonchev–Trinajstić information content (AvgIpc) is 3.18. The summed E-state index contributed by atoms with van der Waals surface area (Å²) in [7, 11) is -4.18. The molecule has 1 amide bonds. The van der Waals surface area contributed by atoms with Crippen molar-refractivity contribution in [3.05, 3.63) is 111 Å². The largest absolute Gasteiger partial charge is 0.334 e. The maximum atomic E-state index is 14.0. The number of hydrogen-bond donors (Lipinski definition) is 2. The van der Waals surface area contributed by atoms with Crippen LogP contribution in [-0.2, 0) is 16.6 Å². The fourth-order valence-corrected chi connectivity index (χ4v) is 7.10. The van der Waals surface area contributed by atoms with Crippen LogP contribution in [0.15, 0.2) is 88.6 Å². The summed E-state index contributed by atoms with van der Waals surface area (Å²) in [5.74, 6) is 0.0125. The van der Waals surface area contributed by atoms with E-state index in [1.54, 1.807) is 12.1 Å². The van der Waals surface area contributed by atoms with Crippen LogP contribution in [0.5, 0.6) is 0 Å². The molecule has 1 aliphatic rings. The van der Waals surface area contributed by atoms with Crippen LogP contribution < -0.4 is 10.3 Å². The van der Waals surface area contributed by atoms with Crippen molar-refractivity contribution in [2.24, 2.45) is 5.92 Å². The van der Waals surface area contributed by atoms with Crippen LogP contribution in [0, 0.1) is 19.8 Å². The average molecular weight is 630 g/mol. The monoisotopic (exact) mass is 629 g/mol. The van der Waals surface area contributed by atoms with E-state index in [4.69, 9.17) is 0 Å². The van der Waals surface area contributed by atoms with Gasteiger partial charge in [0.2, 0.25) is 5.95 Å². The third kappa shape index (κ3) is 7.87. The number of anilines is 1. The van der Waals surface area contributed by atoms with Crippen molar-refractivity contribution < 1.29 is 14.6 Å². The molecule has 10 heteroatoms. The second-order valence-corrected chi connectivity index (χ2v) is 13.9. The minimum atomic E-state index is -4.18. The SMILES string of the molecule is Cc1cccc(C)c1-c1cc(=O)[nH]c(NS(=O)(=O)c2cccc(C(=O)N3CCN(Cc4ccccc4)CC[C@H]3CC(C)C)c2)n1.[HH]. The number of amides is 1. The summed E-state index contributed by atoms with van der Waals surface area (Å²) in [6.07, 6.45) is 1.70. The maximum Gasteiger partial charge on any atom is 0.264 e. The highest BCUT2D eigenvalue weighted by Gasteiger charge is 2.30. The van der Waals surface area contributed by atoms with Crippen molar-refractivity contribution in [1.29, 1.82) is 0 Å². The number of carbonyl (C=O) groups excluding carboxylic acids is 1. The summed E-state index contributed by atoms with van der Waals surface area (Å²) >= 11 is 0. The van der Waals surface area contributed by atoms with Crippen molar-refractivity contribution >= 4 is 21.9 Å². The van der Waals surface area contributed by atoms with Crippen LogP contribution in [0.1, 0.15) is 55.2 Å². The van der Waals surface area contributed by atoms with E-state index in [-0.39, 0.29) is 24.2 Å². The highest BCUT2D eigenvalue weighted by atomic mass is 32.2. The molecule has 0 aliphatic carbocycles. The summed E-state index contributed by atoms with van der Waals surface area (Å²) < 4.78 is 29.5. The number of H-pyrrole nitrogens is 1. The molecule has 4 aromatic rings. The topological polar surface area (TPSA) is 115 Å². The lowest BCUT2D eigenvalue weighted by Gasteiger charge is -2.31. The van der Waals surface area contributed by atoms with E-state index in [2.05, 4.69) is 45.6 Å². The quantitative estimate of drug-likeness (QED) is 0.240. The van der Waals surface area contributed by atoms with E-state index < -0.39 is 15.6 Å². The van der Waals surface area contributed by atoms with Gasteiger partial charge < -0.3 is 4.90 Å². The van der Waals surface area contributed by atoms with Gasteiger partial charge in [-0.2, -0.15) is 0 Å². The number of nitrogens with zero attached hydrogens (tertiary/aromatic N) is 3. The first-order valence-corrected chi connectivity index (χ1v) is 16.9. The van der Waals surface area contributed by atoms with E-state index in [1.165, 1.54) is 23.8 Å². The molecule has 2 N–H and O–H groups in total. The molecule has 0 saturated carbocycles. The zero-order valence-corrected chi connectivity index (χ0v) is 27.1. The van der Waals surface area contributed by atoms with Gasteiger partial charge in [0.1, 0.15) is 0 Å². The Morgan fingerprint density at radius 2 is 1.69 bits per heavy atom. The third-order valence-corrected chi connectivity index (χ3v) is 9.57. The molecule has 5 rings (SSSR count). The van der Waals surface area contributed by atoms with Gasteiger partial charge in [-0.3, -0.25) is 19.5 Å². The van der Waals surface area contributed by atoms with E-state index in [1.807, 2.05) is 55.1 Å². The summed E-state index contributed by atoms with van der Waals surface area (Å²) in [6.45, 7) is 11.1. The number of benzene rings is 3. The first-order chi connectivity index (χ1) is 21.5. The summed E-state index contributed by atoms with van der Waals surface area (Å²) in [5, 5.41) is 0. The Bertz CT molecular complexity index is 1810. The van der Waals surface area contributed by atoms with Crippen LogP contribution in [0.2, 0.25) is 0 Å². The van der Waals surface area contributed by atoms with Crippen LogP contribution in [0.3, 0.4) is 0 Å². The van der Waals surface area contributed by atoms with Crippen LogP contribution in [0.25, 0.3) is 11.3 Å². The first kappa shape index (κ1) is 32.1. The molecule has 0 spiro atoms. The lowest BCUT2D eigenvalue weighted by atomic mass is 9.99. The van der Waals surface area contributed by atoms with Gasteiger partial charge in [0.15, 0.2) is 0 Å². The molecule has 0 bridgehead atoms. The molecule has 1 aliphatic heterocycles. The third-order valence-electron chi connectivity index (χ3n) is 8.23. The first-order valence-electron chi connectivity index (χ1n) is 15.4. The number of hydrogen-bond acceptors (Lipinski definition) is 6. The predicted molar refractivity (Wildman–Crippen MR) is 180 cm³/mol. The second kappa shape index (κ2) is 13.8. The molecule has 238 valence electrons. The van der Waals surface area contributed by atoms with Gasteiger partial charge in [0.25, 0.3) is 21.5 Å². The molecule has 1 aromatic heterocycles. The number of rotatable bonds is 9. The predicted octanol–water partition coefficient (Wildman–Crippen LogP) is 5.86. The Kier molecular flexibility index (Phi) is 9.84. The van der Waals surface area contributed by atoms with Crippen molar-refractivity contribution in [1.82, 2.24) is 19.8 Å². The van der Waals surface area contributed by atoms with Gasteiger partial charge in [0, 0.05) is 50.8 Å². The van der Waals surface area contributed by atoms with Gasteiger partial charge in [-0.05, 0) is 67.5 Å². The standard InChI is InChI=1S/C35H41N5O4S.H2/c1-24(2)20-29-16-17-39(23-27-12-6-5-7-13-27)18-19-40(29)34(42)28-14-9-15-30(21-28)45(43,44)38-35-36-31(22-32(41)37-35)33-25(3)10-8-11-26(33)4;/h5-15,21-22,24,29H,16-20,23H2,1-4H3,(H2,36,37,38,41);1H/t29-;/m0./s1. The molecule has 45 heavy (non-hydrogen) atoms. The summed E-state index contributed by atoms with van der Waals surface area (Å²) in [6, 6.07) is 23.5. The lowest BCUT2D eigenvalue weighted by Crippen LogP contribution is -2.42. The van der Waals surface area contributed by atoms with Crippen molar-refractivity contribution in [3.63, 3.8) is 0 Å². The van der Waals surface area contributed by atoms with E-state index in [0.717, 1.165) is 49.2 Å². The zero-order valence-electron chi connectivity index (χ0n) is 26.3. The van der Waals surface area contributed by atoms with Gasteiger partial charge in [-0.15, -0.1) is 0 Å². The second-order valence-electron chi connectivity index (χ2n) is 12.2. The number of nitrogens with one attached hydrogen (secondary N) is 2. The molecule has 0 radical (unpaired) electrons.